The summed E-state index contributed by atoms with van der Waals surface area (Å²) in [6, 6.07) is 24.5. The Kier molecular flexibility index (Phi) is 4.22. The van der Waals surface area contributed by atoms with Crippen molar-refractivity contribution in [2.75, 3.05) is 5.32 Å². The summed E-state index contributed by atoms with van der Waals surface area (Å²) in [5.74, 6) is 0.792. The molecule has 3 aromatic carbocycles. The molecule has 21 heavy (non-hydrogen) atoms. The third-order valence-electron chi connectivity index (χ3n) is 3.28. The molecule has 0 aliphatic heterocycles. The third kappa shape index (κ3) is 3.44. The van der Waals surface area contributed by atoms with Crippen molar-refractivity contribution >= 4 is 33.4 Å². The summed E-state index contributed by atoms with van der Waals surface area (Å²) in [7, 11) is 0. The van der Waals surface area contributed by atoms with Gasteiger partial charge in [-0.15, -0.1) is 0 Å². The van der Waals surface area contributed by atoms with Crippen LogP contribution < -0.4 is 5.32 Å². The van der Waals surface area contributed by atoms with Gasteiger partial charge >= 0.3 is 0 Å². The molecule has 3 rings (SSSR count). The summed E-state index contributed by atoms with van der Waals surface area (Å²) in [5.41, 5.74) is 2.21. The Labute approximate surface area is 128 Å². The van der Waals surface area contributed by atoms with Crippen molar-refractivity contribution in [3.63, 3.8) is 0 Å². The lowest BCUT2D eigenvalue weighted by Gasteiger charge is -2.09. The first-order valence-corrected chi connectivity index (χ1v) is 7.81. The van der Waals surface area contributed by atoms with Gasteiger partial charge < -0.3 is 5.32 Å². The van der Waals surface area contributed by atoms with Gasteiger partial charge in [-0.2, -0.15) is 0 Å². The number of anilines is 1. The standard InChI is InChI=1S/C18H16N2S/c19-18(20-16-10-2-1-3-11-16)21-13-15-9-6-8-14-7-4-5-12-17(14)15/h1-12H,13H2,(H2,19,20). The van der Waals surface area contributed by atoms with E-state index in [0.717, 1.165) is 11.4 Å². The molecule has 2 N–H and O–H groups in total. The average Bonchev–Trinajstić information content (AvgIpc) is 2.54. The van der Waals surface area contributed by atoms with E-state index in [4.69, 9.17) is 5.41 Å². The molecule has 0 heterocycles. The summed E-state index contributed by atoms with van der Waals surface area (Å²) in [6.45, 7) is 0. The van der Waals surface area contributed by atoms with Gasteiger partial charge in [0.2, 0.25) is 0 Å². The number of thioether (sulfide) groups is 1. The highest BCUT2D eigenvalue weighted by atomic mass is 32.2. The van der Waals surface area contributed by atoms with Gasteiger partial charge in [0.15, 0.2) is 5.17 Å². The van der Waals surface area contributed by atoms with Crippen molar-refractivity contribution in [1.29, 1.82) is 5.41 Å². The molecule has 0 saturated carbocycles. The van der Waals surface area contributed by atoms with Crippen LogP contribution >= 0.6 is 11.8 Å². The number of rotatable bonds is 3. The maximum atomic E-state index is 8.04. The van der Waals surface area contributed by atoms with E-state index in [1.165, 1.54) is 28.1 Å². The van der Waals surface area contributed by atoms with Gasteiger partial charge in [0.05, 0.1) is 0 Å². The molecule has 0 fully saturated rings. The SMILES string of the molecule is N=C(Nc1ccccc1)SCc1cccc2ccccc12. The molecule has 0 unspecified atom stereocenters. The lowest BCUT2D eigenvalue weighted by Crippen LogP contribution is -2.06. The van der Waals surface area contributed by atoms with Gasteiger partial charge in [0.1, 0.15) is 0 Å². The van der Waals surface area contributed by atoms with Gasteiger partial charge in [-0.25, -0.2) is 0 Å². The van der Waals surface area contributed by atoms with Crippen LogP contribution in [0.15, 0.2) is 72.8 Å². The van der Waals surface area contributed by atoms with Crippen LogP contribution in [0.2, 0.25) is 0 Å². The minimum Gasteiger partial charge on any atom is -0.335 e. The molecule has 0 aliphatic rings. The van der Waals surface area contributed by atoms with Crippen LogP contribution in [0.25, 0.3) is 10.8 Å². The highest BCUT2D eigenvalue weighted by molar-refractivity contribution is 8.13. The first kappa shape index (κ1) is 13.7. The van der Waals surface area contributed by atoms with E-state index in [0.29, 0.717) is 5.17 Å². The Hall–Kier alpha value is -2.26. The Bertz CT molecular complexity index is 748. The fourth-order valence-electron chi connectivity index (χ4n) is 2.26. The second kappa shape index (κ2) is 6.46. The predicted octanol–water partition coefficient (Wildman–Crippen LogP) is 5.12. The van der Waals surface area contributed by atoms with E-state index >= 15 is 0 Å². The number of hydrogen-bond donors (Lipinski definition) is 2. The van der Waals surface area contributed by atoms with E-state index in [-0.39, 0.29) is 0 Å². The number of benzene rings is 3. The van der Waals surface area contributed by atoms with E-state index < -0.39 is 0 Å². The normalized spacial score (nSPS) is 10.5. The average molecular weight is 292 g/mol. The highest BCUT2D eigenvalue weighted by Gasteiger charge is 2.03. The molecule has 0 aromatic heterocycles. The molecular formula is C18H16N2S. The van der Waals surface area contributed by atoms with Gasteiger partial charge in [-0.05, 0) is 28.5 Å². The zero-order valence-corrected chi connectivity index (χ0v) is 12.4. The molecule has 0 aliphatic carbocycles. The zero-order chi connectivity index (χ0) is 14.5. The molecule has 0 atom stereocenters. The Morgan fingerprint density at radius 2 is 1.57 bits per heavy atom. The Morgan fingerprint density at radius 1 is 0.857 bits per heavy atom. The fraction of sp³-hybridized carbons (Fsp3) is 0.0556. The van der Waals surface area contributed by atoms with Gasteiger partial charge in [0, 0.05) is 11.4 Å². The lowest BCUT2D eigenvalue weighted by molar-refractivity contribution is 1.46. The lowest BCUT2D eigenvalue weighted by atomic mass is 10.1. The first-order valence-electron chi connectivity index (χ1n) is 6.83. The molecule has 3 heteroatoms. The molecular weight excluding hydrogens is 276 g/mol. The monoisotopic (exact) mass is 292 g/mol. The van der Waals surface area contributed by atoms with E-state index in [2.05, 4.69) is 47.8 Å². The summed E-state index contributed by atoms with van der Waals surface area (Å²) in [6.07, 6.45) is 0. The summed E-state index contributed by atoms with van der Waals surface area (Å²) < 4.78 is 0. The molecule has 0 spiro atoms. The van der Waals surface area contributed by atoms with Crippen molar-refractivity contribution in [1.82, 2.24) is 0 Å². The van der Waals surface area contributed by atoms with Crippen LogP contribution in [0.3, 0.4) is 0 Å². The molecule has 0 bridgehead atoms. The highest BCUT2D eigenvalue weighted by Crippen LogP contribution is 2.23. The van der Waals surface area contributed by atoms with Crippen molar-refractivity contribution in [3.8, 4) is 0 Å². The van der Waals surface area contributed by atoms with Crippen molar-refractivity contribution < 1.29 is 0 Å². The van der Waals surface area contributed by atoms with Crippen molar-refractivity contribution in [2.24, 2.45) is 0 Å². The van der Waals surface area contributed by atoms with Crippen molar-refractivity contribution in [3.05, 3.63) is 78.4 Å². The Balaban J connectivity index is 1.68. The topological polar surface area (TPSA) is 35.9 Å². The first-order chi connectivity index (χ1) is 10.3. The van der Waals surface area contributed by atoms with Gasteiger partial charge in [-0.3, -0.25) is 5.41 Å². The number of hydrogen-bond acceptors (Lipinski definition) is 2. The smallest absolute Gasteiger partial charge is 0.158 e. The summed E-state index contributed by atoms with van der Waals surface area (Å²) in [5, 5.41) is 14.1. The van der Waals surface area contributed by atoms with Crippen LogP contribution in [0.1, 0.15) is 5.56 Å². The number of fused-ring (bicyclic) bond motifs is 1. The van der Waals surface area contributed by atoms with Crippen LogP contribution in [-0.4, -0.2) is 5.17 Å². The fourth-order valence-corrected chi connectivity index (χ4v) is 3.00. The van der Waals surface area contributed by atoms with Crippen LogP contribution in [0, 0.1) is 5.41 Å². The van der Waals surface area contributed by atoms with Crippen LogP contribution in [0.4, 0.5) is 5.69 Å². The Morgan fingerprint density at radius 3 is 2.43 bits per heavy atom. The summed E-state index contributed by atoms with van der Waals surface area (Å²) in [4.78, 5) is 0. The predicted molar refractivity (Wildman–Crippen MR) is 93.0 cm³/mol. The van der Waals surface area contributed by atoms with E-state index in [1.807, 2.05) is 30.3 Å². The minimum absolute atomic E-state index is 0.467. The minimum atomic E-state index is 0.467. The number of amidine groups is 1. The zero-order valence-electron chi connectivity index (χ0n) is 11.5. The van der Waals surface area contributed by atoms with Gasteiger partial charge in [-0.1, -0.05) is 72.4 Å². The molecule has 2 nitrogen and oxygen atoms in total. The quantitative estimate of drug-likeness (QED) is 0.519. The number of para-hydroxylation sites is 1. The number of nitrogens with one attached hydrogen (secondary N) is 2. The molecule has 0 saturated heterocycles. The molecule has 0 radical (unpaired) electrons. The third-order valence-corrected chi connectivity index (χ3v) is 4.13. The summed E-state index contributed by atoms with van der Waals surface area (Å²) >= 11 is 1.51. The van der Waals surface area contributed by atoms with E-state index in [1.54, 1.807) is 0 Å². The van der Waals surface area contributed by atoms with Gasteiger partial charge in [0.25, 0.3) is 0 Å². The maximum absolute atomic E-state index is 8.04. The van der Waals surface area contributed by atoms with E-state index in [9.17, 15) is 0 Å². The molecule has 3 aromatic rings. The molecule has 0 amide bonds. The second-order valence-corrected chi connectivity index (χ2v) is 5.73. The van der Waals surface area contributed by atoms with Crippen LogP contribution in [-0.2, 0) is 5.75 Å². The molecule has 104 valence electrons. The second-order valence-electron chi connectivity index (χ2n) is 4.75. The maximum Gasteiger partial charge on any atom is 0.158 e. The van der Waals surface area contributed by atoms with Crippen LogP contribution in [0.5, 0.6) is 0 Å². The van der Waals surface area contributed by atoms with Crippen molar-refractivity contribution in [2.45, 2.75) is 5.75 Å². The largest absolute Gasteiger partial charge is 0.335 e.